The van der Waals surface area contributed by atoms with Crippen molar-refractivity contribution in [2.45, 2.75) is 45.8 Å². The quantitative estimate of drug-likeness (QED) is 0.743. The number of aromatic nitrogens is 1. The number of rotatable bonds is 9. The van der Waals surface area contributed by atoms with E-state index in [9.17, 15) is 0 Å². The van der Waals surface area contributed by atoms with Gasteiger partial charge < -0.3 is 10.5 Å². The molecule has 4 heteroatoms. The highest BCUT2D eigenvalue weighted by Crippen LogP contribution is 2.15. The number of ether oxygens (including phenoxy) is 1. The summed E-state index contributed by atoms with van der Waals surface area (Å²) < 4.78 is 5.22. The van der Waals surface area contributed by atoms with E-state index in [1.54, 1.807) is 7.11 Å². The number of hydrogen-bond acceptors (Lipinski definition) is 4. The number of hydrogen-bond donors (Lipinski definition) is 1. The van der Waals surface area contributed by atoms with Crippen LogP contribution in [0, 0.1) is 0 Å². The van der Waals surface area contributed by atoms with Gasteiger partial charge in [-0.05, 0) is 24.5 Å². The van der Waals surface area contributed by atoms with Crippen molar-refractivity contribution in [3.63, 3.8) is 0 Å². The summed E-state index contributed by atoms with van der Waals surface area (Å²) in [6, 6.07) is 4.69. The molecule has 0 atom stereocenters. The Hall–Kier alpha value is -0.970. The predicted molar refractivity (Wildman–Crippen MR) is 78.8 cm³/mol. The predicted octanol–water partition coefficient (Wildman–Crippen LogP) is 2.18. The van der Waals surface area contributed by atoms with Crippen LogP contribution in [0.25, 0.3) is 0 Å². The smallest absolute Gasteiger partial charge is 0.0589 e. The second-order valence-corrected chi connectivity index (χ2v) is 4.75. The number of nitrogens with two attached hydrogens (primary N) is 1. The van der Waals surface area contributed by atoms with Gasteiger partial charge in [0.25, 0.3) is 0 Å². The lowest BCUT2D eigenvalue weighted by Crippen LogP contribution is -2.36. The fourth-order valence-corrected chi connectivity index (χ4v) is 2.42. The van der Waals surface area contributed by atoms with Crippen LogP contribution in [-0.2, 0) is 17.8 Å². The summed E-state index contributed by atoms with van der Waals surface area (Å²) in [5, 5.41) is 0. The Morgan fingerprint density at radius 3 is 2.68 bits per heavy atom. The van der Waals surface area contributed by atoms with Crippen LogP contribution in [0.5, 0.6) is 0 Å². The number of pyridine rings is 1. The van der Waals surface area contributed by atoms with Gasteiger partial charge in [0, 0.05) is 39.0 Å². The minimum Gasteiger partial charge on any atom is -0.383 e. The summed E-state index contributed by atoms with van der Waals surface area (Å²) in [5.74, 6) is 0. The minimum atomic E-state index is 0.497. The van der Waals surface area contributed by atoms with Gasteiger partial charge in [-0.15, -0.1) is 0 Å². The fourth-order valence-electron chi connectivity index (χ4n) is 2.42. The zero-order valence-corrected chi connectivity index (χ0v) is 12.4. The van der Waals surface area contributed by atoms with E-state index in [1.807, 2.05) is 12.3 Å². The molecule has 0 aliphatic rings. The lowest BCUT2D eigenvalue weighted by Gasteiger charge is -2.30. The second kappa shape index (κ2) is 9.02. The van der Waals surface area contributed by atoms with Crippen LogP contribution < -0.4 is 5.73 Å². The number of methoxy groups -OCH3 is 1. The zero-order chi connectivity index (χ0) is 14.1. The molecular weight excluding hydrogens is 238 g/mol. The summed E-state index contributed by atoms with van der Waals surface area (Å²) in [5.41, 5.74) is 7.99. The highest BCUT2D eigenvalue weighted by Gasteiger charge is 2.16. The molecule has 1 heterocycles. The van der Waals surface area contributed by atoms with Crippen LogP contribution in [0.2, 0.25) is 0 Å². The van der Waals surface area contributed by atoms with Crippen LogP contribution in [0.4, 0.5) is 0 Å². The van der Waals surface area contributed by atoms with Crippen LogP contribution in [0.1, 0.15) is 37.9 Å². The van der Waals surface area contributed by atoms with Gasteiger partial charge in [0.05, 0.1) is 12.3 Å². The van der Waals surface area contributed by atoms with Gasteiger partial charge in [-0.3, -0.25) is 9.88 Å². The highest BCUT2D eigenvalue weighted by molar-refractivity contribution is 5.19. The van der Waals surface area contributed by atoms with E-state index in [-0.39, 0.29) is 0 Å². The molecule has 4 nitrogen and oxygen atoms in total. The Morgan fingerprint density at radius 1 is 1.37 bits per heavy atom. The first-order chi connectivity index (χ1) is 9.26. The molecule has 0 amide bonds. The molecule has 0 unspecified atom stereocenters. The Morgan fingerprint density at radius 2 is 2.11 bits per heavy atom. The molecule has 0 aromatic carbocycles. The summed E-state index contributed by atoms with van der Waals surface area (Å²) in [6.45, 7) is 7.58. The minimum absolute atomic E-state index is 0.497. The van der Waals surface area contributed by atoms with Crippen LogP contribution >= 0.6 is 0 Å². The van der Waals surface area contributed by atoms with Crippen molar-refractivity contribution >= 4 is 0 Å². The molecule has 0 fully saturated rings. The topological polar surface area (TPSA) is 51.4 Å². The van der Waals surface area contributed by atoms with E-state index in [4.69, 9.17) is 10.5 Å². The average Bonchev–Trinajstić information content (AvgIpc) is 2.46. The van der Waals surface area contributed by atoms with E-state index >= 15 is 0 Å². The largest absolute Gasteiger partial charge is 0.383 e. The van der Waals surface area contributed by atoms with Crippen molar-refractivity contribution in [1.29, 1.82) is 0 Å². The van der Waals surface area contributed by atoms with E-state index in [2.05, 4.69) is 29.8 Å². The van der Waals surface area contributed by atoms with Crippen molar-refractivity contribution in [2.75, 3.05) is 20.3 Å². The molecule has 0 saturated carbocycles. The average molecular weight is 265 g/mol. The molecule has 108 valence electrons. The third kappa shape index (κ3) is 4.90. The standard InChI is InChI=1S/C15H27N3O/c1-4-14(5-2)18(9-10-19-3)12-13-7-6-8-17-15(13)11-16/h6-8,14H,4-5,9-12,16H2,1-3H3. The van der Waals surface area contributed by atoms with Gasteiger partial charge in [0.2, 0.25) is 0 Å². The first kappa shape index (κ1) is 16.1. The van der Waals surface area contributed by atoms with E-state index in [0.717, 1.165) is 38.2 Å². The highest BCUT2D eigenvalue weighted by atomic mass is 16.5. The molecule has 19 heavy (non-hydrogen) atoms. The van der Waals surface area contributed by atoms with Crippen LogP contribution in [-0.4, -0.2) is 36.2 Å². The summed E-state index contributed by atoms with van der Waals surface area (Å²) in [6.07, 6.45) is 4.11. The van der Waals surface area contributed by atoms with E-state index in [0.29, 0.717) is 12.6 Å². The normalized spacial score (nSPS) is 11.5. The fraction of sp³-hybridized carbons (Fsp3) is 0.667. The second-order valence-electron chi connectivity index (χ2n) is 4.75. The monoisotopic (exact) mass is 265 g/mol. The summed E-state index contributed by atoms with van der Waals surface area (Å²) in [4.78, 5) is 6.83. The maximum absolute atomic E-state index is 5.76. The van der Waals surface area contributed by atoms with Crippen LogP contribution in [0.15, 0.2) is 18.3 Å². The molecule has 0 spiro atoms. The Kier molecular flexibility index (Phi) is 7.63. The maximum atomic E-state index is 5.76. The summed E-state index contributed by atoms with van der Waals surface area (Å²) >= 11 is 0. The van der Waals surface area contributed by atoms with Crippen molar-refractivity contribution in [2.24, 2.45) is 5.73 Å². The lowest BCUT2D eigenvalue weighted by atomic mass is 10.1. The lowest BCUT2D eigenvalue weighted by molar-refractivity contribution is 0.109. The molecular formula is C15H27N3O. The summed E-state index contributed by atoms with van der Waals surface area (Å²) in [7, 11) is 1.75. The van der Waals surface area contributed by atoms with E-state index < -0.39 is 0 Å². The molecule has 0 aliphatic carbocycles. The Labute approximate surface area is 117 Å². The molecule has 1 aromatic rings. The van der Waals surface area contributed by atoms with Crippen molar-refractivity contribution < 1.29 is 4.74 Å². The third-order valence-electron chi connectivity index (χ3n) is 3.59. The maximum Gasteiger partial charge on any atom is 0.0589 e. The zero-order valence-electron chi connectivity index (χ0n) is 12.4. The van der Waals surface area contributed by atoms with Gasteiger partial charge >= 0.3 is 0 Å². The molecule has 0 saturated heterocycles. The Balaban J connectivity index is 2.80. The SMILES string of the molecule is CCC(CC)N(CCOC)Cc1cccnc1CN. The van der Waals surface area contributed by atoms with Gasteiger partial charge in [0.1, 0.15) is 0 Å². The van der Waals surface area contributed by atoms with Crippen LogP contribution in [0.3, 0.4) is 0 Å². The first-order valence-electron chi connectivity index (χ1n) is 7.12. The van der Waals surface area contributed by atoms with Crippen molar-refractivity contribution in [3.05, 3.63) is 29.6 Å². The number of nitrogens with zero attached hydrogens (tertiary/aromatic N) is 2. The molecule has 2 N–H and O–H groups in total. The van der Waals surface area contributed by atoms with Gasteiger partial charge in [-0.1, -0.05) is 19.9 Å². The molecule has 1 rings (SSSR count). The van der Waals surface area contributed by atoms with Gasteiger partial charge in [0.15, 0.2) is 0 Å². The molecule has 0 aliphatic heterocycles. The Bertz CT molecular complexity index is 353. The first-order valence-corrected chi connectivity index (χ1v) is 7.12. The van der Waals surface area contributed by atoms with Gasteiger partial charge in [-0.2, -0.15) is 0 Å². The third-order valence-corrected chi connectivity index (χ3v) is 3.59. The van der Waals surface area contributed by atoms with Gasteiger partial charge in [-0.25, -0.2) is 0 Å². The van der Waals surface area contributed by atoms with Crippen molar-refractivity contribution in [1.82, 2.24) is 9.88 Å². The van der Waals surface area contributed by atoms with Crippen molar-refractivity contribution in [3.8, 4) is 0 Å². The molecule has 1 aromatic heterocycles. The molecule has 0 radical (unpaired) electrons. The van der Waals surface area contributed by atoms with E-state index in [1.165, 1.54) is 5.56 Å². The molecule has 0 bridgehead atoms.